The van der Waals surface area contributed by atoms with Crippen molar-refractivity contribution in [3.63, 3.8) is 0 Å². The average Bonchev–Trinajstić information content (AvgIpc) is 2.77. The van der Waals surface area contributed by atoms with E-state index in [9.17, 15) is 4.79 Å². The van der Waals surface area contributed by atoms with Crippen molar-refractivity contribution in [1.29, 1.82) is 0 Å². The quantitative estimate of drug-likeness (QED) is 0.363. The minimum atomic E-state index is -0.465. The number of hydrogen-bond donors (Lipinski definition) is 0. The number of nitrogens with zero attached hydrogens (tertiary/aromatic N) is 4. The van der Waals surface area contributed by atoms with Crippen molar-refractivity contribution in [3.8, 4) is 0 Å². The molecule has 3 heterocycles. The first-order valence-electron chi connectivity index (χ1n) is 11.3. The van der Waals surface area contributed by atoms with Gasteiger partial charge in [0.1, 0.15) is 11.1 Å². The number of halogens is 1. The number of amides is 1. The van der Waals surface area contributed by atoms with Crippen molar-refractivity contribution >= 4 is 39.8 Å². The second-order valence-corrected chi connectivity index (χ2v) is 10.7. The number of carbonyl (C=O) groups is 1. The molecule has 1 aromatic carbocycles. The van der Waals surface area contributed by atoms with E-state index in [1.54, 1.807) is 17.3 Å². The fraction of sp³-hybridized carbons (Fsp3) is 0.500. The zero-order valence-corrected chi connectivity index (χ0v) is 21.5. The Morgan fingerprint density at radius 3 is 2.61 bits per heavy atom. The van der Waals surface area contributed by atoms with E-state index in [1.165, 1.54) is 0 Å². The predicted octanol–water partition coefficient (Wildman–Crippen LogP) is 5.84. The summed E-state index contributed by atoms with van der Waals surface area (Å²) in [5.41, 5.74) is 2.31. The van der Waals surface area contributed by atoms with Crippen LogP contribution in [0.1, 0.15) is 45.6 Å². The number of aromatic nitrogens is 3. The molecule has 4 rings (SSSR count). The number of carbonyl (C=O) groups excluding carboxylic acids is 1. The molecule has 0 spiro atoms. The first-order chi connectivity index (χ1) is 15.8. The van der Waals surface area contributed by atoms with Crippen molar-refractivity contribution in [2.75, 3.05) is 13.1 Å². The molecule has 0 radical (unpaired) electrons. The Morgan fingerprint density at radius 2 is 1.91 bits per heavy atom. The largest absolute Gasteiger partial charge is 0.444 e. The van der Waals surface area contributed by atoms with Crippen LogP contribution in [0.4, 0.5) is 4.79 Å². The molecule has 1 aliphatic rings. The maximum Gasteiger partial charge on any atom is 0.410 e. The maximum atomic E-state index is 12.3. The molecule has 178 valence electrons. The first-order valence-corrected chi connectivity index (χ1v) is 12.4. The molecule has 0 aliphatic carbocycles. The molecule has 8 nitrogen and oxygen atoms in total. The fourth-order valence-electron chi connectivity index (χ4n) is 3.92. The predicted molar refractivity (Wildman–Crippen MR) is 133 cm³/mol. The minimum absolute atomic E-state index is 0.221. The van der Waals surface area contributed by atoms with Gasteiger partial charge in [-0.2, -0.15) is 4.74 Å². The summed E-state index contributed by atoms with van der Waals surface area (Å²) >= 11 is 2.29. The third kappa shape index (κ3) is 6.55. The Balaban J connectivity index is 1.42. The van der Waals surface area contributed by atoms with Crippen molar-refractivity contribution in [2.24, 2.45) is 5.92 Å². The molecular weight excluding hydrogens is 535 g/mol. The van der Waals surface area contributed by atoms with Crippen LogP contribution in [0.2, 0.25) is 0 Å². The lowest BCUT2D eigenvalue weighted by atomic mass is 9.94. The van der Waals surface area contributed by atoms with Gasteiger partial charge in [-0.1, -0.05) is 0 Å². The fourth-order valence-corrected chi connectivity index (χ4v) is 4.38. The normalized spacial score (nSPS) is 15.1. The molecule has 2 aromatic heterocycles. The SMILES string of the molecule is CC(C)(C)OC(=O)N1CCC(CCn2oc3cc(I)ccc3n(Cc3ccncc3)o2)CC1. The highest BCUT2D eigenvalue weighted by atomic mass is 127. The third-order valence-corrected chi connectivity index (χ3v) is 6.31. The average molecular weight is 566 g/mol. The van der Waals surface area contributed by atoms with Gasteiger partial charge in [0.2, 0.25) is 0 Å². The Kier molecular flexibility index (Phi) is 7.35. The van der Waals surface area contributed by atoms with E-state index in [4.69, 9.17) is 13.9 Å². The van der Waals surface area contributed by atoms with Gasteiger partial charge in [-0.05, 0) is 109 Å². The van der Waals surface area contributed by atoms with Gasteiger partial charge < -0.3 is 14.2 Å². The Morgan fingerprint density at radius 1 is 1.18 bits per heavy atom. The maximum absolute atomic E-state index is 12.3. The van der Waals surface area contributed by atoms with Gasteiger partial charge in [0.05, 0.1) is 13.1 Å². The van der Waals surface area contributed by atoms with Gasteiger partial charge in [-0.25, -0.2) is 4.79 Å². The molecule has 0 atom stereocenters. The van der Waals surface area contributed by atoms with Crippen molar-refractivity contribution < 1.29 is 18.7 Å². The number of pyridine rings is 1. The molecule has 0 saturated carbocycles. The number of benzene rings is 1. The first kappa shape index (κ1) is 23.7. The molecule has 33 heavy (non-hydrogen) atoms. The van der Waals surface area contributed by atoms with Crippen LogP contribution in [0, 0.1) is 9.49 Å². The molecule has 0 unspecified atom stereocenters. The van der Waals surface area contributed by atoms with E-state index < -0.39 is 5.60 Å². The molecule has 0 bridgehead atoms. The van der Waals surface area contributed by atoms with Gasteiger partial charge >= 0.3 is 6.09 Å². The number of hydrogen-bond acceptors (Lipinski definition) is 5. The summed E-state index contributed by atoms with van der Waals surface area (Å²) in [6.07, 6.45) is 6.16. The molecule has 1 aliphatic heterocycles. The van der Waals surface area contributed by atoms with Crippen LogP contribution in [0.5, 0.6) is 0 Å². The van der Waals surface area contributed by atoms with Crippen LogP contribution in [0.25, 0.3) is 11.1 Å². The molecule has 1 amide bonds. The molecule has 9 heteroatoms. The van der Waals surface area contributed by atoms with E-state index in [0.29, 0.717) is 19.0 Å². The zero-order chi connectivity index (χ0) is 23.4. The van der Waals surface area contributed by atoms with Gasteiger partial charge in [-0.15, -0.1) is 0 Å². The summed E-state index contributed by atoms with van der Waals surface area (Å²) in [6, 6.07) is 10.0. The number of fused-ring (bicyclic) bond motifs is 1. The summed E-state index contributed by atoms with van der Waals surface area (Å²) in [7, 11) is 0. The van der Waals surface area contributed by atoms with E-state index in [0.717, 1.165) is 52.6 Å². The van der Waals surface area contributed by atoms with Crippen molar-refractivity contribution in [3.05, 3.63) is 51.9 Å². The standard InChI is InChI=1S/C24H31IN4O4/c1-24(2,3)31-23(30)27-13-8-18(9-14-27)10-15-29-32-22-16-20(25)4-5-21(22)28(33-29)17-19-6-11-26-12-7-19/h4-7,11-12,16,18H,8-10,13-15,17H2,1-3H3. The van der Waals surface area contributed by atoms with Crippen LogP contribution < -0.4 is 0 Å². The smallest absolute Gasteiger partial charge is 0.410 e. The summed E-state index contributed by atoms with van der Waals surface area (Å²) in [5, 5.41) is 0. The number of likely N-dealkylation sites (tertiary alicyclic amines) is 1. The van der Waals surface area contributed by atoms with Crippen LogP contribution in [0.15, 0.2) is 51.9 Å². The van der Waals surface area contributed by atoms with E-state index >= 15 is 0 Å². The molecule has 3 aromatic rings. The van der Waals surface area contributed by atoms with E-state index in [-0.39, 0.29) is 6.09 Å². The van der Waals surface area contributed by atoms with Gasteiger partial charge in [-0.3, -0.25) is 9.61 Å². The lowest BCUT2D eigenvalue weighted by molar-refractivity contribution is -0.0243. The Labute approximate surface area is 207 Å². The van der Waals surface area contributed by atoms with Crippen LogP contribution >= 0.6 is 22.6 Å². The summed E-state index contributed by atoms with van der Waals surface area (Å²) in [5.74, 6) is 0.502. The minimum Gasteiger partial charge on any atom is -0.444 e. The third-order valence-electron chi connectivity index (χ3n) is 5.64. The highest BCUT2D eigenvalue weighted by Gasteiger charge is 2.27. The lowest BCUT2D eigenvalue weighted by Gasteiger charge is -2.33. The number of aryl methyl sites for hydroxylation is 1. The number of rotatable bonds is 5. The lowest BCUT2D eigenvalue weighted by Crippen LogP contribution is -2.41. The number of ether oxygens (including phenoxy) is 1. The van der Waals surface area contributed by atoms with Crippen LogP contribution in [-0.4, -0.2) is 44.3 Å². The topological polar surface area (TPSA) is 78.6 Å². The highest BCUT2D eigenvalue weighted by Crippen LogP contribution is 2.24. The van der Waals surface area contributed by atoms with Crippen LogP contribution in [-0.2, 0) is 17.8 Å². The van der Waals surface area contributed by atoms with Crippen molar-refractivity contribution in [1.82, 2.24) is 19.5 Å². The summed E-state index contributed by atoms with van der Waals surface area (Å²) < 4.78 is 20.6. The Bertz CT molecular complexity index is 1110. The number of piperidine rings is 1. The second-order valence-electron chi connectivity index (χ2n) is 9.43. The van der Waals surface area contributed by atoms with Crippen LogP contribution in [0.3, 0.4) is 0 Å². The van der Waals surface area contributed by atoms with E-state index in [2.05, 4.69) is 27.6 Å². The molecular formula is C24H31IN4O4. The highest BCUT2D eigenvalue weighted by molar-refractivity contribution is 14.1. The molecule has 1 saturated heterocycles. The van der Waals surface area contributed by atoms with Crippen molar-refractivity contribution in [2.45, 2.75) is 58.7 Å². The molecule has 1 fully saturated rings. The van der Waals surface area contributed by atoms with E-state index in [1.807, 2.05) is 60.7 Å². The summed E-state index contributed by atoms with van der Waals surface area (Å²) in [6.45, 7) is 8.35. The molecule has 0 N–H and O–H groups in total. The monoisotopic (exact) mass is 566 g/mol. The second kappa shape index (κ2) is 10.2. The van der Waals surface area contributed by atoms with Gasteiger partial charge in [0.25, 0.3) is 0 Å². The summed E-state index contributed by atoms with van der Waals surface area (Å²) in [4.78, 5) is 19.8. The zero-order valence-electron chi connectivity index (χ0n) is 19.4. The van der Waals surface area contributed by atoms with Gasteiger partial charge in [0, 0.05) is 29.1 Å². The Hall–Kier alpha value is -2.43. The van der Waals surface area contributed by atoms with Gasteiger partial charge in [0.15, 0.2) is 5.58 Å².